The van der Waals surface area contributed by atoms with Gasteiger partial charge in [-0.2, -0.15) is 0 Å². The molecule has 2 heterocycles. The summed E-state index contributed by atoms with van der Waals surface area (Å²) in [5.74, 6) is -0.923. The number of fused-ring (bicyclic) bond motifs is 3. The van der Waals surface area contributed by atoms with Crippen molar-refractivity contribution >= 4 is 34.7 Å². The Bertz CT molecular complexity index is 1130. The first-order valence-electron chi connectivity index (χ1n) is 10.5. The number of carboxylic acids is 1. The van der Waals surface area contributed by atoms with Crippen molar-refractivity contribution in [3.63, 3.8) is 0 Å². The van der Waals surface area contributed by atoms with Crippen LogP contribution in [0.4, 0.5) is 15.8 Å². The first-order chi connectivity index (χ1) is 15.4. The predicted molar refractivity (Wildman–Crippen MR) is 117 cm³/mol. The number of aromatic carboxylic acids is 1. The Labute approximate surface area is 187 Å². The van der Waals surface area contributed by atoms with Crippen LogP contribution in [0.15, 0.2) is 36.4 Å². The van der Waals surface area contributed by atoms with E-state index < -0.39 is 23.1 Å². The van der Waals surface area contributed by atoms with Gasteiger partial charge < -0.3 is 14.4 Å². The number of halogens is 1. The van der Waals surface area contributed by atoms with E-state index in [-0.39, 0.29) is 28.6 Å². The highest BCUT2D eigenvalue weighted by atomic mass is 32.2. The second kappa shape index (κ2) is 8.31. The lowest BCUT2D eigenvalue weighted by atomic mass is 9.99. The van der Waals surface area contributed by atoms with E-state index in [1.165, 1.54) is 18.2 Å². The monoisotopic (exact) mass is 457 g/mol. The Balaban J connectivity index is 1.59. The summed E-state index contributed by atoms with van der Waals surface area (Å²) >= 11 is -2.86. The fraction of sp³-hybridized carbons (Fsp3) is 0.348. The van der Waals surface area contributed by atoms with Crippen LogP contribution in [-0.2, 0) is 11.3 Å². The molecule has 32 heavy (non-hydrogen) atoms. The van der Waals surface area contributed by atoms with Crippen LogP contribution in [0.25, 0.3) is 6.08 Å². The van der Waals surface area contributed by atoms with Gasteiger partial charge in [-0.05, 0) is 61.7 Å². The molecule has 2 aromatic rings. The minimum atomic E-state index is -2.86. The number of carbonyl (C=O) groups is 1. The number of likely N-dealkylation sites (tertiary alicyclic amines) is 1. The quantitative estimate of drug-likeness (QED) is 0.638. The average Bonchev–Trinajstić information content (AvgIpc) is 3.51. The molecule has 3 aliphatic rings. The Morgan fingerprint density at radius 1 is 1.31 bits per heavy atom. The lowest BCUT2D eigenvalue weighted by Crippen LogP contribution is -2.36. The molecule has 5 rings (SSSR count). The van der Waals surface area contributed by atoms with E-state index in [4.69, 9.17) is 4.74 Å². The molecule has 0 spiro atoms. The van der Waals surface area contributed by atoms with Gasteiger partial charge in [0.2, 0.25) is 0 Å². The number of anilines is 2. The highest BCUT2D eigenvalue weighted by Crippen LogP contribution is 2.56. The van der Waals surface area contributed by atoms with Gasteiger partial charge in [-0.1, -0.05) is 18.2 Å². The molecule has 1 saturated heterocycles. The van der Waals surface area contributed by atoms with Crippen LogP contribution in [0, 0.1) is 11.7 Å². The van der Waals surface area contributed by atoms with Crippen LogP contribution in [0.1, 0.15) is 40.2 Å². The average molecular weight is 458 g/mol. The van der Waals surface area contributed by atoms with E-state index in [9.17, 15) is 23.1 Å². The first kappa shape index (κ1) is 21.1. The number of carboxylic acid groups (broad SMARTS) is 1. The standard InChI is InChI=1S/C23H23FN2O5S/c24-16-4-6-19(14(11-16)3-1-8-25-9-2-10-25)26(32(29)30)20-7-5-17-18-12-15(18)13-31-22(17)21(20)23(27)28/h1,3-7,11,15,18H,2,8-10,12-13H2,(H,27,28)(H,29,30)/p-1. The third-order valence-electron chi connectivity index (χ3n) is 6.33. The number of nitrogens with zero attached hydrogens (tertiary/aromatic N) is 2. The van der Waals surface area contributed by atoms with Crippen molar-refractivity contribution in [3.05, 3.63) is 58.9 Å². The fourth-order valence-corrected chi connectivity index (χ4v) is 5.08. The lowest BCUT2D eigenvalue weighted by molar-refractivity contribution is 0.0692. The van der Waals surface area contributed by atoms with Gasteiger partial charge >= 0.3 is 5.97 Å². The third kappa shape index (κ3) is 3.80. The molecular weight excluding hydrogens is 435 g/mol. The van der Waals surface area contributed by atoms with Gasteiger partial charge in [-0.3, -0.25) is 13.4 Å². The number of hydrogen-bond acceptors (Lipinski definition) is 5. The molecular formula is C23H22FN2O5S-. The number of ether oxygens (including phenoxy) is 1. The summed E-state index contributed by atoms with van der Waals surface area (Å²) in [6, 6.07) is 6.98. The van der Waals surface area contributed by atoms with Gasteiger partial charge in [-0.25, -0.2) is 9.18 Å². The Morgan fingerprint density at radius 2 is 2.09 bits per heavy atom. The van der Waals surface area contributed by atoms with Gasteiger partial charge in [0.25, 0.3) is 0 Å². The molecule has 7 nitrogen and oxygen atoms in total. The summed E-state index contributed by atoms with van der Waals surface area (Å²) in [5, 5.41) is 9.96. The van der Waals surface area contributed by atoms with E-state index in [1.54, 1.807) is 12.1 Å². The molecule has 1 aliphatic carbocycles. The van der Waals surface area contributed by atoms with E-state index in [0.717, 1.165) is 41.9 Å². The molecule has 0 bridgehead atoms. The fourth-order valence-electron chi connectivity index (χ4n) is 4.44. The maximum atomic E-state index is 14.0. The van der Waals surface area contributed by atoms with Crippen LogP contribution in [0.3, 0.4) is 0 Å². The summed E-state index contributed by atoms with van der Waals surface area (Å²) in [7, 11) is 0. The lowest BCUT2D eigenvalue weighted by Gasteiger charge is -2.31. The van der Waals surface area contributed by atoms with Crippen molar-refractivity contribution in [2.24, 2.45) is 5.92 Å². The first-order valence-corrected chi connectivity index (χ1v) is 11.6. The van der Waals surface area contributed by atoms with Crippen molar-refractivity contribution in [3.8, 4) is 5.75 Å². The molecule has 0 aromatic heterocycles. The molecule has 168 valence electrons. The van der Waals surface area contributed by atoms with Crippen molar-refractivity contribution < 1.29 is 27.8 Å². The molecule has 9 heteroatoms. The van der Waals surface area contributed by atoms with E-state index in [0.29, 0.717) is 24.6 Å². The Morgan fingerprint density at radius 3 is 2.78 bits per heavy atom. The highest BCUT2D eigenvalue weighted by Gasteiger charge is 2.45. The minimum Gasteiger partial charge on any atom is -0.755 e. The van der Waals surface area contributed by atoms with Crippen LogP contribution < -0.4 is 9.04 Å². The summed E-state index contributed by atoms with van der Waals surface area (Å²) in [4.78, 5) is 14.4. The molecule has 1 saturated carbocycles. The SMILES string of the molecule is O=C(O)c1c(N(c2ccc(F)cc2C=CCN2CCC2)S(=O)[O-])ccc2c1OCC1CC21. The van der Waals surface area contributed by atoms with Crippen LogP contribution in [-0.4, -0.2) is 51.0 Å². The smallest absolute Gasteiger partial charge is 0.341 e. The molecule has 0 radical (unpaired) electrons. The van der Waals surface area contributed by atoms with Gasteiger partial charge in [0.05, 0.1) is 29.2 Å². The molecule has 2 aliphatic heterocycles. The van der Waals surface area contributed by atoms with Gasteiger partial charge in [0.15, 0.2) is 0 Å². The molecule has 3 unspecified atom stereocenters. The van der Waals surface area contributed by atoms with Gasteiger partial charge in [0, 0.05) is 18.0 Å². The molecule has 1 N–H and O–H groups in total. The topological polar surface area (TPSA) is 93.1 Å². The Kier molecular flexibility index (Phi) is 5.48. The second-order valence-corrected chi connectivity index (χ2v) is 9.17. The molecule has 2 fully saturated rings. The summed E-state index contributed by atoms with van der Waals surface area (Å²) < 4.78 is 45.4. The Hall–Kier alpha value is -2.75. The number of hydrogen-bond donors (Lipinski definition) is 1. The van der Waals surface area contributed by atoms with E-state index in [2.05, 4.69) is 4.90 Å². The zero-order valence-electron chi connectivity index (χ0n) is 17.2. The zero-order valence-corrected chi connectivity index (χ0v) is 18.0. The molecule has 2 aromatic carbocycles. The third-order valence-corrected chi connectivity index (χ3v) is 7.02. The largest absolute Gasteiger partial charge is 0.755 e. The van der Waals surface area contributed by atoms with Crippen LogP contribution >= 0.6 is 0 Å². The number of benzene rings is 2. The summed E-state index contributed by atoms with van der Waals surface area (Å²) in [5.41, 5.74) is 1.08. The van der Waals surface area contributed by atoms with Gasteiger partial charge in [-0.15, -0.1) is 0 Å². The minimum absolute atomic E-state index is 0.0346. The maximum Gasteiger partial charge on any atom is 0.341 e. The summed E-state index contributed by atoms with van der Waals surface area (Å²) in [6.07, 6.45) is 5.60. The highest BCUT2D eigenvalue weighted by molar-refractivity contribution is 7.81. The van der Waals surface area contributed by atoms with E-state index >= 15 is 0 Å². The normalized spacial score (nSPS) is 22.4. The van der Waals surface area contributed by atoms with Crippen LogP contribution in [0.2, 0.25) is 0 Å². The summed E-state index contributed by atoms with van der Waals surface area (Å²) in [6.45, 7) is 3.08. The molecule has 0 amide bonds. The second-order valence-electron chi connectivity index (χ2n) is 8.37. The number of rotatable bonds is 7. The maximum absolute atomic E-state index is 14.0. The van der Waals surface area contributed by atoms with Gasteiger partial charge in [0.1, 0.15) is 17.1 Å². The predicted octanol–water partition coefficient (Wildman–Crippen LogP) is 3.67. The van der Waals surface area contributed by atoms with Crippen molar-refractivity contribution in [1.82, 2.24) is 4.90 Å². The zero-order chi connectivity index (χ0) is 22.4. The van der Waals surface area contributed by atoms with E-state index in [1.807, 2.05) is 6.08 Å². The molecule has 3 atom stereocenters. The van der Waals surface area contributed by atoms with Crippen molar-refractivity contribution in [1.29, 1.82) is 0 Å². The van der Waals surface area contributed by atoms with Crippen molar-refractivity contribution in [2.75, 3.05) is 30.5 Å². The van der Waals surface area contributed by atoms with Crippen LogP contribution in [0.5, 0.6) is 5.75 Å². The van der Waals surface area contributed by atoms with Crippen molar-refractivity contribution in [2.45, 2.75) is 18.8 Å².